The molecular weight excluding hydrogens is 300 g/mol. The lowest BCUT2D eigenvalue weighted by Crippen LogP contribution is -2.02. The van der Waals surface area contributed by atoms with Crippen LogP contribution in [0, 0.1) is 34.6 Å². The molecular formula is C25H28. The fourth-order valence-electron chi connectivity index (χ4n) is 3.41. The maximum absolute atomic E-state index is 2.43. The minimum atomic E-state index is 1.01. The van der Waals surface area contributed by atoms with Gasteiger partial charge in [0.1, 0.15) is 0 Å². The van der Waals surface area contributed by atoms with Crippen LogP contribution in [-0.4, -0.2) is 0 Å². The summed E-state index contributed by atoms with van der Waals surface area (Å²) in [4.78, 5) is 0. The lowest BCUT2D eigenvalue weighted by atomic mass is 9.88. The van der Waals surface area contributed by atoms with E-state index in [1.54, 1.807) is 0 Å². The molecule has 0 saturated carbocycles. The fourth-order valence-corrected chi connectivity index (χ4v) is 3.41. The third-order valence-electron chi connectivity index (χ3n) is 5.47. The topological polar surface area (TPSA) is 0 Å². The highest BCUT2D eigenvalue weighted by molar-refractivity contribution is 5.47. The van der Waals surface area contributed by atoms with Crippen LogP contribution in [-0.2, 0) is 12.8 Å². The Morgan fingerprint density at radius 3 is 1.20 bits per heavy atom. The van der Waals surface area contributed by atoms with Crippen molar-refractivity contribution < 1.29 is 0 Å². The third kappa shape index (κ3) is 4.02. The zero-order valence-electron chi connectivity index (χ0n) is 16.1. The standard InChI is InChI=1S/C25H28/c1-17-6-10-22(11-7-17)14-24-16-25(21(5)19(3)20(24)4)15-23-12-8-18(2)9-13-23/h6-13,16H,14-15H2,1-5H3. The summed E-state index contributed by atoms with van der Waals surface area (Å²) in [6, 6.07) is 20.3. The molecule has 0 aliphatic carbocycles. The van der Waals surface area contributed by atoms with Crippen molar-refractivity contribution in [2.75, 3.05) is 0 Å². The van der Waals surface area contributed by atoms with E-state index in [4.69, 9.17) is 0 Å². The van der Waals surface area contributed by atoms with Gasteiger partial charge in [-0.05, 0) is 86.4 Å². The van der Waals surface area contributed by atoms with Gasteiger partial charge in [0.25, 0.3) is 0 Å². The van der Waals surface area contributed by atoms with Crippen LogP contribution in [0.2, 0.25) is 0 Å². The molecule has 0 N–H and O–H groups in total. The number of rotatable bonds is 4. The van der Waals surface area contributed by atoms with E-state index in [-0.39, 0.29) is 0 Å². The third-order valence-corrected chi connectivity index (χ3v) is 5.47. The molecule has 0 amide bonds. The number of aryl methyl sites for hydroxylation is 2. The van der Waals surface area contributed by atoms with Crippen LogP contribution in [0.25, 0.3) is 0 Å². The molecule has 0 heterocycles. The van der Waals surface area contributed by atoms with Crippen LogP contribution in [0.4, 0.5) is 0 Å². The predicted octanol–water partition coefficient (Wildman–Crippen LogP) is 6.41. The van der Waals surface area contributed by atoms with Crippen LogP contribution >= 0.6 is 0 Å². The van der Waals surface area contributed by atoms with Gasteiger partial charge in [-0.25, -0.2) is 0 Å². The number of benzene rings is 3. The van der Waals surface area contributed by atoms with Gasteiger partial charge in [0.05, 0.1) is 0 Å². The first kappa shape index (κ1) is 17.5. The zero-order chi connectivity index (χ0) is 18.0. The molecule has 0 aliphatic heterocycles. The van der Waals surface area contributed by atoms with Crippen molar-refractivity contribution in [1.82, 2.24) is 0 Å². The summed E-state index contributed by atoms with van der Waals surface area (Å²) in [6.07, 6.45) is 2.02. The predicted molar refractivity (Wildman–Crippen MR) is 109 cm³/mol. The summed E-state index contributed by atoms with van der Waals surface area (Å²) in [5.41, 5.74) is 12.6. The summed E-state index contributed by atoms with van der Waals surface area (Å²) in [6.45, 7) is 11.1. The highest BCUT2D eigenvalue weighted by Gasteiger charge is 2.11. The molecule has 0 aliphatic rings. The maximum atomic E-state index is 2.43. The van der Waals surface area contributed by atoms with E-state index in [1.165, 1.54) is 50.1 Å². The van der Waals surface area contributed by atoms with Crippen molar-refractivity contribution >= 4 is 0 Å². The van der Waals surface area contributed by atoms with E-state index >= 15 is 0 Å². The Morgan fingerprint density at radius 2 is 0.840 bits per heavy atom. The van der Waals surface area contributed by atoms with Crippen molar-refractivity contribution in [2.45, 2.75) is 47.5 Å². The fraction of sp³-hybridized carbons (Fsp3) is 0.280. The Bertz CT molecular complexity index is 794. The van der Waals surface area contributed by atoms with Crippen molar-refractivity contribution in [1.29, 1.82) is 0 Å². The maximum Gasteiger partial charge on any atom is -0.00229 e. The Balaban J connectivity index is 1.94. The first-order valence-corrected chi connectivity index (χ1v) is 9.13. The molecule has 0 atom stereocenters. The molecule has 0 fully saturated rings. The smallest absolute Gasteiger partial charge is 0.00229 e. The zero-order valence-corrected chi connectivity index (χ0v) is 16.1. The SMILES string of the molecule is Cc1ccc(Cc2cc(Cc3ccc(C)cc3)c(C)c(C)c2C)cc1. The summed E-state index contributed by atoms with van der Waals surface area (Å²) < 4.78 is 0. The summed E-state index contributed by atoms with van der Waals surface area (Å²) in [7, 11) is 0. The molecule has 128 valence electrons. The first-order chi connectivity index (χ1) is 11.9. The second kappa shape index (κ2) is 7.27. The molecule has 0 radical (unpaired) electrons. The molecule has 0 saturated heterocycles. The van der Waals surface area contributed by atoms with Crippen molar-refractivity contribution in [3.05, 3.63) is 105 Å². The molecule has 3 aromatic carbocycles. The largest absolute Gasteiger partial charge is 0.0590 e. The normalized spacial score (nSPS) is 10.9. The van der Waals surface area contributed by atoms with Gasteiger partial charge in [-0.15, -0.1) is 0 Å². The minimum absolute atomic E-state index is 1.01. The Labute approximate surface area is 152 Å². The summed E-state index contributed by atoms with van der Waals surface area (Å²) in [5, 5.41) is 0. The average molecular weight is 328 g/mol. The Morgan fingerprint density at radius 1 is 0.480 bits per heavy atom. The van der Waals surface area contributed by atoms with Crippen molar-refractivity contribution in [3.63, 3.8) is 0 Å². The van der Waals surface area contributed by atoms with Gasteiger partial charge < -0.3 is 0 Å². The molecule has 25 heavy (non-hydrogen) atoms. The van der Waals surface area contributed by atoms with Gasteiger partial charge in [-0.1, -0.05) is 65.7 Å². The van der Waals surface area contributed by atoms with Gasteiger partial charge in [-0.3, -0.25) is 0 Å². The molecule has 0 spiro atoms. The lowest BCUT2D eigenvalue weighted by molar-refractivity contribution is 1.06. The highest BCUT2D eigenvalue weighted by Crippen LogP contribution is 2.26. The van der Waals surface area contributed by atoms with E-state index in [0.717, 1.165) is 12.8 Å². The van der Waals surface area contributed by atoms with Crippen LogP contribution in [0.15, 0.2) is 54.6 Å². The summed E-state index contributed by atoms with van der Waals surface area (Å²) >= 11 is 0. The van der Waals surface area contributed by atoms with Gasteiger partial charge in [0.15, 0.2) is 0 Å². The summed E-state index contributed by atoms with van der Waals surface area (Å²) in [5.74, 6) is 0. The minimum Gasteiger partial charge on any atom is -0.0590 e. The first-order valence-electron chi connectivity index (χ1n) is 9.13. The van der Waals surface area contributed by atoms with Crippen LogP contribution in [0.3, 0.4) is 0 Å². The molecule has 3 aromatic rings. The number of hydrogen-bond donors (Lipinski definition) is 0. The molecule has 0 heteroatoms. The second-order valence-electron chi connectivity index (χ2n) is 7.39. The van der Waals surface area contributed by atoms with E-state index < -0.39 is 0 Å². The van der Waals surface area contributed by atoms with Crippen LogP contribution in [0.5, 0.6) is 0 Å². The van der Waals surface area contributed by atoms with Crippen molar-refractivity contribution in [2.24, 2.45) is 0 Å². The van der Waals surface area contributed by atoms with E-state index in [9.17, 15) is 0 Å². The second-order valence-corrected chi connectivity index (χ2v) is 7.39. The lowest BCUT2D eigenvalue weighted by Gasteiger charge is -2.17. The van der Waals surface area contributed by atoms with E-state index in [1.807, 2.05) is 0 Å². The van der Waals surface area contributed by atoms with Crippen LogP contribution < -0.4 is 0 Å². The monoisotopic (exact) mass is 328 g/mol. The molecule has 0 bridgehead atoms. The van der Waals surface area contributed by atoms with Gasteiger partial charge >= 0.3 is 0 Å². The quantitative estimate of drug-likeness (QED) is 0.519. The Kier molecular flexibility index (Phi) is 5.08. The van der Waals surface area contributed by atoms with E-state index in [2.05, 4.69) is 89.2 Å². The molecule has 0 nitrogen and oxygen atoms in total. The van der Waals surface area contributed by atoms with Gasteiger partial charge in [0.2, 0.25) is 0 Å². The molecule has 0 aromatic heterocycles. The molecule has 0 unspecified atom stereocenters. The van der Waals surface area contributed by atoms with Crippen molar-refractivity contribution in [3.8, 4) is 0 Å². The average Bonchev–Trinajstić information content (AvgIpc) is 2.61. The highest BCUT2D eigenvalue weighted by atomic mass is 14.2. The van der Waals surface area contributed by atoms with Gasteiger partial charge in [0, 0.05) is 0 Å². The van der Waals surface area contributed by atoms with E-state index in [0.29, 0.717) is 0 Å². The molecule has 3 rings (SSSR count). The van der Waals surface area contributed by atoms with Gasteiger partial charge in [-0.2, -0.15) is 0 Å². The number of hydrogen-bond acceptors (Lipinski definition) is 0. The Hall–Kier alpha value is -2.34. The van der Waals surface area contributed by atoms with Crippen LogP contribution in [0.1, 0.15) is 50.1 Å².